The minimum absolute atomic E-state index is 0.105. The zero-order chi connectivity index (χ0) is 14.8. The fourth-order valence-electron chi connectivity index (χ4n) is 2.56. The van der Waals surface area contributed by atoms with Crippen molar-refractivity contribution < 1.29 is 4.79 Å². The SMILES string of the molecule is CSc1ncc(Cl)c(C(=O)N2CCCC2c2ccsc2)n1. The minimum atomic E-state index is -0.105. The summed E-state index contributed by atoms with van der Waals surface area (Å²) in [6.45, 7) is 0.744. The molecule has 1 fully saturated rings. The molecule has 7 heteroatoms. The molecule has 3 heterocycles. The number of halogens is 1. The second kappa shape index (κ2) is 6.34. The number of nitrogens with zero attached hydrogens (tertiary/aromatic N) is 3. The van der Waals surface area contributed by atoms with E-state index in [4.69, 9.17) is 11.6 Å². The van der Waals surface area contributed by atoms with Crippen LogP contribution in [-0.2, 0) is 0 Å². The van der Waals surface area contributed by atoms with Crippen molar-refractivity contribution in [1.82, 2.24) is 14.9 Å². The highest BCUT2D eigenvalue weighted by atomic mass is 35.5. The molecule has 1 atom stereocenters. The van der Waals surface area contributed by atoms with Gasteiger partial charge in [0.05, 0.1) is 17.3 Å². The molecular weight excluding hydrogens is 326 g/mol. The third-order valence-corrected chi connectivity index (χ3v) is 5.09. The van der Waals surface area contributed by atoms with Crippen LogP contribution in [0.15, 0.2) is 28.2 Å². The summed E-state index contributed by atoms with van der Waals surface area (Å²) in [5.74, 6) is -0.105. The summed E-state index contributed by atoms with van der Waals surface area (Å²) in [6, 6.07) is 2.21. The number of amides is 1. The fraction of sp³-hybridized carbons (Fsp3) is 0.357. The maximum absolute atomic E-state index is 12.8. The topological polar surface area (TPSA) is 46.1 Å². The lowest BCUT2D eigenvalue weighted by Gasteiger charge is -2.24. The zero-order valence-electron chi connectivity index (χ0n) is 11.5. The molecule has 1 unspecified atom stereocenters. The van der Waals surface area contributed by atoms with E-state index in [1.807, 2.05) is 16.5 Å². The van der Waals surface area contributed by atoms with Crippen molar-refractivity contribution >= 4 is 40.6 Å². The molecule has 21 heavy (non-hydrogen) atoms. The van der Waals surface area contributed by atoms with Gasteiger partial charge in [0.2, 0.25) is 0 Å². The van der Waals surface area contributed by atoms with Gasteiger partial charge in [-0.3, -0.25) is 4.79 Å². The van der Waals surface area contributed by atoms with Crippen molar-refractivity contribution in [2.45, 2.75) is 24.0 Å². The molecule has 0 aromatic carbocycles. The Morgan fingerprint density at radius 1 is 1.57 bits per heavy atom. The molecule has 2 aromatic rings. The van der Waals surface area contributed by atoms with Gasteiger partial charge in [0.25, 0.3) is 5.91 Å². The Morgan fingerprint density at radius 2 is 2.43 bits per heavy atom. The van der Waals surface area contributed by atoms with Crippen LogP contribution in [0.3, 0.4) is 0 Å². The van der Waals surface area contributed by atoms with Gasteiger partial charge in [0.15, 0.2) is 10.9 Å². The van der Waals surface area contributed by atoms with Crippen molar-refractivity contribution in [2.24, 2.45) is 0 Å². The molecule has 1 saturated heterocycles. The Morgan fingerprint density at radius 3 is 3.14 bits per heavy atom. The molecule has 0 saturated carbocycles. The van der Waals surface area contributed by atoms with E-state index in [2.05, 4.69) is 21.4 Å². The molecule has 0 spiro atoms. The normalized spacial score (nSPS) is 18.2. The van der Waals surface area contributed by atoms with Gasteiger partial charge >= 0.3 is 0 Å². The van der Waals surface area contributed by atoms with Gasteiger partial charge in [-0.1, -0.05) is 23.4 Å². The van der Waals surface area contributed by atoms with Gasteiger partial charge in [-0.2, -0.15) is 11.3 Å². The van der Waals surface area contributed by atoms with Gasteiger partial charge < -0.3 is 4.90 Å². The third-order valence-electron chi connectivity index (χ3n) is 3.55. The molecule has 110 valence electrons. The molecule has 1 aliphatic rings. The van der Waals surface area contributed by atoms with Crippen LogP contribution in [0.1, 0.15) is 34.9 Å². The number of aromatic nitrogens is 2. The molecule has 0 aliphatic carbocycles. The van der Waals surface area contributed by atoms with E-state index in [0.717, 1.165) is 19.4 Å². The number of thiophene rings is 1. The quantitative estimate of drug-likeness (QED) is 0.628. The monoisotopic (exact) mass is 339 g/mol. The van der Waals surface area contributed by atoms with Gasteiger partial charge in [-0.25, -0.2) is 9.97 Å². The predicted octanol–water partition coefficient (Wildman–Crippen LogP) is 3.89. The van der Waals surface area contributed by atoms with Crippen LogP contribution in [0.5, 0.6) is 0 Å². The third kappa shape index (κ3) is 2.93. The van der Waals surface area contributed by atoms with Crippen molar-refractivity contribution in [3.05, 3.63) is 39.3 Å². The molecule has 4 nitrogen and oxygen atoms in total. The maximum Gasteiger partial charge on any atom is 0.274 e. The van der Waals surface area contributed by atoms with Crippen molar-refractivity contribution in [1.29, 1.82) is 0 Å². The fourth-order valence-corrected chi connectivity index (χ4v) is 3.78. The average Bonchev–Trinajstić information content (AvgIpc) is 3.17. The predicted molar refractivity (Wildman–Crippen MR) is 86.2 cm³/mol. The standard InChI is InChI=1S/C14H14ClN3OS2/c1-20-14-16-7-10(15)12(17-14)13(19)18-5-2-3-11(18)9-4-6-21-8-9/h4,6-8,11H,2-3,5H2,1H3. The van der Waals surface area contributed by atoms with E-state index in [0.29, 0.717) is 15.9 Å². The van der Waals surface area contributed by atoms with Crippen LogP contribution in [0.2, 0.25) is 5.02 Å². The molecule has 1 aliphatic heterocycles. The molecular formula is C14H14ClN3OS2. The van der Waals surface area contributed by atoms with E-state index in [1.165, 1.54) is 23.5 Å². The number of carbonyl (C=O) groups is 1. The van der Waals surface area contributed by atoms with Crippen LogP contribution in [0.4, 0.5) is 0 Å². The molecule has 0 bridgehead atoms. The van der Waals surface area contributed by atoms with E-state index >= 15 is 0 Å². The highest BCUT2D eigenvalue weighted by Gasteiger charge is 2.32. The first-order chi connectivity index (χ1) is 10.2. The zero-order valence-corrected chi connectivity index (χ0v) is 13.8. The van der Waals surface area contributed by atoms with E-state index in [9.17, 15) is 4.79 Å². The van der Waals surface area contributed by atoms with E-state index < -0.39 is 0 Å². The van der Waals surface area contributed by atoms with Crippen molar-refractivity contribution in [3.63, 3.8) is 0 Å². The Bertz CT molecular complexity index is 648. The second-order valence-corrected chi connectivity index (χ2v) is 6.73. The molecule has 3 rings (SSSR count). The second-order valence-electron chi connectivity index (χ2n) is 4.77. The molecule has 1 amide bonds. The van der Waals surface area contributed by atoms with Crippen molar-refractivity contribution in [3.8, 4) is 0 Å². The van der Waals surface area contributed by atoms with Gasteiger partial charge in [-0.15, -0.1) is 0 Å². The lowest BCUT2D eigenvalue weighted by Crippen LogP contribution is -2.31. The summed E-state index contributed by atoms with van der Waals surface area (Å²) < 4.78 is 0. The summed E-state index contributed by atoms with van der Waals surface area (Å²) in [5, 5.41) is 5.02. The summed E-state index contributed by atoms with van der Waals surface area (Å²) in [6.07, 6.45) is 5.37. The summed E-state index contributed by atoms with van der Waals surface area (Å²) in [5.41, 5.74) is 1.50. The molecule has 0 radical (unpaired) electrons. The number of thioether (sulfide) groups is 1. The highest BCUT2D eigenvalue weighted by Crippen LogP contribution is 2.34. The number of rotatable bonds is 3. The average molecular weight is 340 g/mol. The Labute approximate surface area is 136 Å². The smallest absolute Gasteiger partial charge is 0.274 e. The van der Waals surface area contributed by atoms with Crippen LogP contribution in [-0.4, -0.2) is 33.6 Å². The Balaban J connectivity index is 1.91. The summed E-state index contributed by atoms with van der Waals surface area (Å²) in [7, 11) is 0. The van der Waals surface area contributed by atoms with Crippen LogP contribution < -0.4 is 0 Å². The van der Waals surface area contributed by atoms with Crippen LogP contribution >= 0.6 is 34.7 Å². The lowest BCUT2D eigenvalue weighted by atomic mass is 10.1. The van der Waals surface area contributed by atoms with Gasteiger partial charge in [0, 0.05) is 6.54 Å². The highest BCUT2D eigenvalue weighted by molar-refractivity contribution is 7.98. The van der Waals surface area contributed by atoms with Crippen LogP contribution in [0.25, 0.3) is 0 Å². The molecule has 0 N–H and O–H groups in total. The first kappa shape index (κ1) is 14.8. The summed E-state index contributed by atoms with van der Waals surface area (Å²) in [4.78, 5) is 23.0. The van der Waals surface area contributed by atoms with E-state index in [1.54, 1.807) is 11.3 Å². The van der Waals surface area contributed by atoms with Crippen LogP contribution in [0, 0.1) is 0 Å². The molecule has 2 aromatic heterocycles. The van der Waals surface area contributed by atoms with Gasteiger partial charge in [-0.05, 0) is 41.5 Å². The Kier molecular flexibility index (Phi) is 4.47. The summed E-state index contributed by atoms with van der Waals surface area (Å²) >= 11 is 9.17. The first-order valence-corrected chi connectivity index (χ1v) is 9.15. The number of likely N-dealkylation sites (tertiary alicyclic amines) is 1. The van der Waals surface area contributed by atoms with E-state index in [-0.39, 0.29) is 11.9 Å². The number of hydrogen-bond donors (Lipinski definition) is 0. The maximum atomic E-state index is 12.8. The minimum Gasteiger partial charge on any atom is -0.330 e. The largest absolute Gasteiger partial charge is 0.330 e. The number of hydrogen-bond acceptors (Lipinski definition) is 5. The lowest BCUT2D eigenvalue weighted by molar-refractivity contribution is 0.0729. The number of carbonyl (C=O) groups excluding carboxylic acids is 1. The van der Waals surface area contributed by atoms with Crippen molar-refractivity contribution in [2.75, 3.05) is 12.8 Å². The first-order valence-electron chi connectivity index (χ1n) is 6.60. The van der Waals surface area contributed by atoms with Gasteiger partial charge in [0.1, 0.15) is 0 Å². The Hall–Kier alpha value is -1.11.